The fraction of sp³-hybridized carbons (Fsp3) is 0.613. The Hall–Kier alpha value is -7.08. The predicted molar refractivity (Wildman–Crippen MR) is 435 cm³/mol. The summed E-state index contributed by atoms with van der Waals surface area (Å²) in [6, 6.07) is 17.1. The summed E-state index contributed by atoms with van der Waals surface area (Å²) in [5.74, 6) is 1.24. The van der Waals surface area contributed by atoms with Crippen LogP contribution in [0.15, 0.2) is 95.1 Å². The van der Waals surface area contributed by atoms with Gasteiger partial charge in [-0.15, -0.1) is 0 Å². The third-order valence-electron chi connectivity index (χ3n) is 18.6. The van der Waals surface area contributed by atoms with Gasteiger partial charge in [-0.1, -0.05) is 237 Å². The molecule has 0 saturated heterocycles. The van der Waals surface area contributed by atoms with E-state index in [1.807, 2.05) is 0 Å². The number of hydrogen-bond donors (Lipinski definition) is 0. The summed E-state index contributed by atoms with van der Waals surface area (Å²) in [6.07, 6.45) is 9.62. The summed E-state index contributed by atoms with van der Waals surface area (Å²) >= 11 is 0. The molecule has 0 spiro atoms. The van der Waals surface area contributed by atoms with E-state index in [2.05, 4.69) is 294 Å². The number of carbonyl (C=O) groups excluding carboxylic acids is 4. The molecule has 4 rings (SSSR count). The number of carbonyl (C=O) groups is 4. The van der Waals surface area contributed by atoms with Crippen molar-refractivity contribution in [3.05, 3.63) is 162 Å². The molecule has 0 saturated carbocycles. The molecule has 584 valence electrons. The highest BCUT2D eigenvalue weighted by Crippen LogP contribution is 2.46. The van der Waals surface area contributed by atoms with Gasteiger partial charge >= 0.3 is 23.9 Å². The molecule has 0 aliphatic carbocycles. The maximum absolute atomic E-state index is 14.6. The van der Waals surface area contributed by atoms with E-state index in [-0.39, 0.29) is 69.0 Å². The van der Waals surface area contributed by atoms with Gasteiger partial charge in [0, 0.05) is 70.2 Å². The Morgan fingerprint density at radius 2 is 0.400 bits per heavy atom. The van der Waals surface area contributed by atoms with Gasteiger partial charge in [-0.25, -0.2) is 0 Å². The lowest BCUT2D eigenvalue weighted by molar-refractivity contribution is -0.170. The first-order valence-corrected chi connectivity index (χ1v) is 38.4. The number of hydrogen-bond acceptors (Lipinski definition) is 12. The van der Waals surface area contributed by atoms with Gasteiger partial charge in [0.05, 0.1) is 0 Å². The minimum Gasteiger partial charge on any atom is -0.489 e. The second-order valence-electron chi connectivity index (χ2n) is 38.6. The zero-order valence-electron chi connectivity index (χ0n) is 71.6. The Labute approximate surface area is 637 Å². The summed E-state index contributed by atoms with van der Waals surface area (Å²) in [5.41, 5.74) is 12.7. The third kappa shape index (κ3) is 29.2. The molecule has 0 unspecified atom stereocenters. The molecule has 0 N–H and O–H groups in total. The normalized spacial score (nSPS) is 12.6. The lowest BCUT2D eigenvalue weighted by Gasteiger charge is -2.32. The summed E-state index contributed by atoms with van der Waals surface area (Å²) in [7, 11) is 0. The monoisotopic (exact) mass is 1450 g/mol. The fourth-order valence-corrected chi connectivity index (χ4v) is 12.0. The first-order chi connectivity index (χ1) is 48.0. The third-order valence-corrected chi connectivity index (χ3v) is 18.6. The van der Waals surface area contributed by atoms with Crippen LogP contribution in [0.5, 0.6) is 23.0 Å². The van der Waals surface area contributed by atoms with Crippen LogP contribution < -0.4 is 18.9 Å². The van der Waals surface area contributed by atoms with E-state index in [1.54, 1.807) is 0 Å². The van der Waals surface area contributed by atoms with Gasteiger partial charge < -0.3 is 37.9 Å². The maximum atomic E-state index is 14.6. The number of benzene rings is 4. The number of esters is 4. The molecule has 0 bridgehead atoms. The summed E-state index contributed by atoms with van der Waals surface area (Å²) in [6.45, 7) is 68.4. The molecule has 0 aromatic heterocycles. The van der Waals surface area contributed by atoms with Crippen LogP contribution in [0.25, 0.3) is 0 Å². The number of aryl methyl sites for hydroxylation is 4. The molecule has 4 aromatic carbocycles. The maximum Gasteiger partial charge on any atom is 0.306 e. The summed E-state index contributed by atoms with van der Waals surface area (Å²) in [5, 5.41) is 0. The highest BCUT2D eigenvalue weighted by molar-refractivity contribution is 5.72. The first kappa shape index (κ1) is 90.3. The van der Waals surface area contributed by atoms with Gasteiger partial charge in [-0.2, -0.15) is 0 Å². The minimum absolute atomic E-state index is 0.00969. The van der Waals surface area contributed by atoms with Gasteiger partial charge in [-0.3, -0.25) is 19.2 Å². The van der Waals surface area contributed by atoms with Crippen LogP contribution in [-0.4, -0.2) is 76.7 Å². The lowest BCUT2D eigenvalue weighted by Crippen LogP contribution is -2.44. The van der Waals surface area contributed by atoms with Gasteiger partial charge in [0.25, 0.3) is 0 Å². The van der Waals surface area contributed by atoms with Crippen LogP contribution in [0.2, 0.25) is 0 Å². The van der Waals surface area contributed by atoms with Crippen LogP contribution in [0.4, 0.5) is 0 Å². The van der Waals surface area contributed by atoms with Crippen molar-refractivity contribution in [3.8, 4) is 23.0 Å². The van der Waals surface area contributed by atoms with Crippen LogP contribution in [0.1, 0.15) is 314 Å². The SMILES string of the molecule is CC(C)=CCOc1c(C(C)(C)C)cc(CCC(=O)OCC(COC(=O)CCc2cc(C(C)(C)C)c(OCC=C(C)C)c(C(C)(C)C)c2)(COC(=O)CCc2cc(C(C)(C)C)c(OCC=C(C)C)c(C(C)(C)C)c2)COC(=O)CCc2cc(C(C)(C)C)c(OCC=C(C)C)c(C(C)(C)C)c2)cc1C(C)(C)C. The van der Waals surface area contributed by atoms with Crippen molar-refractivity contribution in [1.82, 2.24) is 0 Å². The molecule has 0 radical (unpaired) electrons. The lowest BCUT2D eigenvalue weighted by atomic mass is 9.78. The van der Waals surface area contributed by atoms with Crippen molar-refractivity contribution in [2.75, 3.05) is 52.9 Å². The highest BCUT2D eigenvalue weighted by atomic mass is 16.6. The topological polar surface area (TPSA) is 142 Å². The van der Waals surface area contributed by atoms with Crippen LogP contribution in [0.3, 0.4) is 0 Å². The largest absolute Gasteiger partial charge is 0.489 e. The molecule has 0 atom stereocenters. The summed E-state index contributed by atoms with van der Waals surface area (Å²) < 4.78 is 51.8. The average Bonchev–Trinajstić information content (AvgIpc) is 0.797. The number of ether oxygens (including phenoxy) is 8. The van der Waals surface area contributed by atoms with Crippen molar-refractivity contribution in [2.24, 2.45) is 5.41 Å². The second-order valence-corrected chi connectivity index (χ2v) is 38.6. The Balaban J connectivity index is 1.89. The molecule has 12 heteroatoms. The molecular weight excluding hydrogens is 1310 g/mol. The fourth-order valence-electron chi connectivity index (χ4n) is 12.0. The number of rotatable bonds is 32. The number of allylic oxidation sites excluding steroid dienone is 4. The van der Waals surface area contributed by atoms with Crippen LogP contribution in [-0.2, 0) is 107 Å². The molecule has 0 aliphatic rings. The predicted octanol–water partition coefficient (Wildman–Crippen LogP) is 22.4. The summed E-state index contributed by atoms with van der Waals surface area (Å²) in [4.78, 5) is 58.4. The average molecular weight is 1450 g/mol. The van der Waals surface area contributed by atoms with Gasteiger partial charge in [-0.05, 0) is 171 Å². The van der Waals surface area contributed by atoms with Crippen molar-refractivity contribution in [2.45, 2.75) is 316 Å². The van der Waals surface area contributed by atoms with E-state index >= 15 is 0 Å². The van der Waals surface area contributed by atoms with E-state index < -0.39 is 55.7 Å². The van der Waals surface area contributed by atoms with E-state index in [0.717, 1.165) is 112 Å². The molecule has 12 nitrogen and oxygen atoms in total. The Morgan fingerprint density at radius 1 is 0.257 bits per heavy atom. The Morgan fingerprint density at radius 3 is 0.524 bits per heavy atom. The van der Waals surface area contributed by atoms with Gasteiger partial charge in [0.1, 0.15) is 81.3 Å². The molecule has 4 aromatic rings. The molecule has 0 fully saturated rings. The van der Waals surface area contributed by atoms with Crippen molar-refractivity contribution >= 4 is 23.9 Å². The Bertz CT molecular complexity index is 3100. The molecule has 0 aliphatic heterocycles. The van der Waals surface area contributed by atoms with Gasteiger partial charge in [0.2, 0.25) is 0 Å². The standard InChI is InChI=1S/C93H140O12/c1-61(2)41-45-98-81-69(85(9,10)11)49-65(50-70(81)86(12,13)14)33-37-77(94)102-57-93(58-103-78(95)38-34-66-51-71(87(15,16)17)82(99-46-42-62(3)4)72(52-66)88(18,19)20,59-104-79(96)39-35-67-53-73(89(21,22)23)83(100-47-43-63(5)6)74(54-67)90(24,25)26)60-105-80(97)40-36-68-55-75(91(27,28)29)84(101-48-44-64(7)8)76(56-68)92(30,31)32/h41-44,49-56H,33-40,45-48,57-60H2,1-32H3. The first-order valence-electron chi connectivity index (χ1n) is 38.4. The van der Waals surface area contributed by atoms with Gasteiger partial charge in [0.15, 0.2) is 0 Å². The second kappa shape index (κ2) is 37.2. The van der Waals surface area contributed by atoms with E-state index in [9.17, 15) is 19.2 Å². The highest BCUT2D eigenvalue weighted by Gasteiger charge is 2.40. The smallest absolute Gasteiger partial charge is 0.306 e. The molecule has 105 heavy (non-hydrogen) atoms. The Kier molecular flexibility index (Phi) is 32.0. The van der Waals surface area contributed by atoms with Crippen LogP contribution >= 0.6 is 0 Å². The quantitative estimate of drug-likeness (QED) is 0.0261. The van der Waals surface area contributed by atoms with E-state index in [0.29, 0.717) is 52.1 Å². The molecular formula is C93H140O12. The van der Waals surface area contributed by atoms with E-state index in [1.165, 1.54) is 0 Å². The molecule has 0 amide bonds. The van der Waals surface area contributed by atoms with E-state index in [4.69, 9.17) is 37.9 Å². The molecule has 0 heterocycles. The zero-order chi connectivity index (χ0) is 79.8. The minimum atomic E-state index is -1.56. The van der Waals surface area contributed by atoms with Crippen molar-refractivity contribution in [3.63, 3.8) is 0 Å². The van der Waals surface area contributed by atoms with Crippen molar-refractivity contribution < 1.29 is 57.1 Å². The van der Waals surface area contributed by atoms with Crippen LogP contribution in [0, 0.1) is 5.41 Å². The van der Waals surface area contributed by atoms with Crippen molar-refractivity contribution in [1.29, 1.82) is 0 Å². The zero-order valence-corrected chi connectivity index (χ0v) is 71.6.